The summed E-state index contributed by atoms with van der Waals surface area (Å²) in [5.74, 6) is -3.44. The van der Waals surface area contributed by atoms with E-state index in [2.05, 4.69) is 15.2 Å². The lowest BCUT2D eigenvalue weighted by atomic mass is 10.0. The molecule has 0 radical (unpaired) electrons. The van der Waals surface area contributed by atoms with Gasteiger partial charge in [0.15, 0.2) is 0 Å². The van der Waals surface area contributed by atoms with E-state index in [1.807, 2.05) is 0 Å². The van der Waals surface area contributed by atoms with Crippen molar-refractivity contribution in [3.8, 4) is 5.75 Å². The van der Waals surface area contributed by atoms with E-state index in [9.17, 15) is 23.7 Å². The largest absolute Gasteiger partial charge is 0.524 e. The highest BCUT2D eigenvalue weighted by Crippen LogP contribution is 2.37. The Kier molecular flexibility index (Phi) is 8.77. The standard InChI is InChI=1S/C16H22N3O9P/c1-9(20)18-13(16(24)19-12(15(17)23)6-7-14(21)22)8-10-2-4-11(5-3-10)28-29(25,26)27/h2-5,12-13H,6-8H2,1H3,(H2,17,23)(H,18,20)(H,19,24)(H,21,22)(H2,25,26,27)/t12-,13-/m0/s1. The molecule has 1 rings (SSSR count). The van der Waals surface area contributed by atoms with Gasteiger partial charge in [-0.3, -0.25) is 29.0 Å². The van der Waals surface area contributed by atoms with E-state index in [0.717, 1.165) is 0 Å². The first-order chi connectivity index (χ1) is 13.4. The quantitative estimate of drug-likeness (QED) is 0.238. The Hall–Kier alpha value is -2.95. The molecule has 12 nitrogen and oxygen atoms in total. The van der Waals surface area contributed by atoms with Crippen LogP contribution in [0.25, 0.3) is 0 Å². The maximum absolute atomic E-state index is 12.5. The SMILES string of the molecule is CC(=O)N[C@@H](Cc1ccc(OP(=O)(O)O)cc1)C(=O)N[C@@H](CCC(=O)O)C(N)=O. The van der Waals surface area contributed by atoms with E-state index in [0.29, 0.717) is 5.56 Å². The molecule has 7 N–H and O–H groups in total. The van der Waals surface area contributed by atoms with Crippen molar-refractivity contribution in [3.05, 3.63) is 29.8 Å². The molecule has 0 aliphatic rings. The molecule has 0 aliphatic carbocycles. The fourth-order valence-electron chi connectivity index (χ4n) is 2.34. The van der Waals surface area contributed by atoms with Crippen LogP contribution in [0.5, 0.6) is 5.75 Å². The van der Waals surface area contributed by atoms with Crippen molar-refractivity contribution in [1.29, 1.82) is 0 Å². The summed E-state index contributed by atoms with van der Waals surface area (Å²) in [5, 5.41) is 13.4. The third-order valence-electron chi connectivity index (χ3n) is 3.59. The van der Waals surface area contributed by atoms with Crippen molar-refractivity contribution < 1.29 is 43.2 Å². The molecular weight excluding hydrogens is 409 g/mol. The summed E-state index contributed by atoms with van der Waals surface area (Å²) in [6, 6.07) is 3.08. The average molecular weight is 431 g/mol. The highest BCUT2D eigenvalue weighted by molar-refractivity contribution is 7.46. The number of carboxylic acids is 1. The number of phosphoric acid groups is 1. The van der Waals surface area contributed by atoms with Gasteiger partial charge in [0.1, 0.15) is 17.8 Å². The van der Waals surface area contributed by atoms with Gasteiger partial charge >= 0.3 is 13.8 Å². The number of hydrogen-bond donors (Lipinski definition) is 6. The van der Waals surface area contributed by atoms with Gasteiger partial charge in [-0.25, -0.2) is 4.57 Å². The molecule has 0 unspecified atom stereocenters. The Morgan fingerprint density at radius 3 is 2.14 bits per heavy atom. The number of hydrogen-bond acceptors (Lipinski definition) is 6. The van der Waals surface area contributed by atoms with E-state index in [-0.39, 0.29) is 25.0 Å². The maximum atomic E-state index is 12.5. The number of amides is 3. The van der Waals surface area contributed by atoms with Crippen LogP contribution in [0, 0.1) is 0 Å². The summed E-state index contributed by atoms with van der Waals surface area (Å²) in [6.07, 6.45) is -0.622. The van der Waals surface area contributed by atoms with Gasteiger partial charge in [0.2, 0.25) is 17.7 Å². The topological polar surface area (TPSA) is 205 Å². The number of aliphatic carboxylic acids is 1. The Balaban J connectivity index is 2.88. The molecule has 0 spiro atoms. The number of primary amides is 1. The summed E-state index contributed by atoms with van der Waals surface area (Å²) in [4.78, 5) is 63.6. The van der Waals surface area contributed by atoms with Gasteiger partial charge in [0.05, 0.1) is 0 Å². The van der Waals surface area contributed by atoms with Crippen LogP contribution in [-0.4, -0.2) is 50.7 Å². The molecule has 29 heavy (non-hydrogen) atoms. The van der Waals surface area contributed by atoms with Gasteiger partial charge in [-0.2, -0.15) is 0 Å². The highest BCUT2D eigenvalue weighted by atomic mass is 31.2. The van der Waals surface area contributed by atoms with Crippen molar-refractivity contribution in [2.45, 2.75) is 38.3 Å². The normalized spacial score (nSPS) is 13.1. The molecule has 0 fully saturated rings. The second-order valence-electron chi connectivity index (χ2n) is 6.08. The number of carboxylic acid groups (broad SMARTS) is 1. The van der Waals surface area contributed by atoms with Crippen molar-refractivity contribution in [3.63, 3.8) is 0 Å². The third-order valence-corrected chi connectivity index (χ3v) is 4.04. The minimum absolute atomic E-state index is 0.0218. The van der Waals surface area contributed by atoms with Gasteiger partial charge in [-0.15, -0.1) is 0 Å². The molecule has 0 heterocycles. The van der Waals surface area contributed by atoms with E-state index in [1.165, 1.54) is 31.2 Å². The fourth-order valence-corrected chi connectivity index (χ4v) is 2.74. The number of nitrogens with two attached hydrogens (primary N) is 1. The summed E-state index contributed by atoms with van der Waals surface area (Å²) >= 11 is 0. The summed E-state index contributed by atoms with van der Waals surface area (Å²) in [6.45, 7) is 1.19. The molecule has 2 atom stereocenters. The Morgan fingerprint density at radius 2 is 1.69 bits per heavy atom. The Bertz CT molecular complexity index is 806. The number of carbonyl (C=O) groups is 4. The Morgan fingerprint density at radius 1 is 1.10 bits per heavy atom. The molecular formula is C16H22N3O9P. The molecule has 1 aromatic rings. The van der Waals surface area contributed by atoms with Crippen LogP contribution in [0.3, 0.4) is 0 Å². The molecule has 1 aromatic carbocycles. The molecule has 0 saturated carbocycles. The van der Waals surface area contributed by atoms with E-state index in [4.69, 9.17) is 20.6 Å². The third kappa shape index (κ3) is 9.70. The lowest BCUT2D eigenvalue weighted by molar-refractivity contribution is -0.137. The van der Waals surface area contributed by atoms with Crippen molar-refractivity contribution in [1.82, 2.24) is 10.6 Å². The first-order valence-corrected chi connectivity index (χ1v) is 9.83. The molecule has 0 saturated heterocycles. The first kappa shape index (κ1) is 24.1. The number of rotatable bonds is 11. The molecule has 0 aromatic heterocycles. The minimum atomic E-state index is -4.71. The zero-order valence-electron chi connectivity index (χ0n) is 15.4. The zero-order chi connectivity index (χ0) is 22.2. The smallest absolute Gasteiger partial charge is 0.481 e. The van der Waals surface area contributed by atoms with E-state index >= 15 is 0 Å². The number of carbonyl (C=O) groups excluding carboxylic acids is 3. The second kappa shape index (κ2) is 10.6. The van der Waals surface area contributed by atoms with Crippen LogP contribution in [0.1, 0.15) is 25.3 Å². The van der Waals surface area contributed by atoms with Gasteiger partial charge in [-0.05, 0) is 24.1 Å². The van der Waals surface area contributed by atoms with Crippen LogP contribution in [0.2, 0.25) is 0 Å². The summed E-state index contributed by atoms with van der Waals surface area (Å²) in [5.41, 5.74) is 5.69. The number of benzene rings is 1. The fraction of sp³-hybridized carbons (Fsp3) is 0.375. The number of nitrogens with one attached hydrogen (secondary N) is 2. The van der Waals surface area contributed by atoms with Crippen molar-refractivity contribution >= 4 is 31.5 Å². The second-order valence-corrected chi connectivity index (χ2v) is 7.24. The van der Waals surface area contributed by atoms with Crippen LogP contribution in [0.4, 0.5) is 0 Å². The molecule has 160 valence electrons. The number of phosphoric ester groups is 1. The molecule has 0 bridgehead atoms. The zero-order valence-corrected chi connectivity index (χ0v) is 16.3. The van der Waals surface area contributed by atoms with Crippen LogP contribution in [0.15, 0.2) is 24.3 Å². The summed E-state index contributed by atoms with van der Waals surface area (Å²) < 4.78 is 15.2. The van der Waals surface area contributed by atoms with Crippen molar-refractivity contribution in [2.24, 2.45) is 5.73 Å². The highest BCUT2D eigenvalue weighted by Gasteiger charge is 2.26. The monoisotopic (exact) mass is 431 g/mol. The molecule has 13 heteroatoms. The maximum Gasteiger partial charge on any atom is 0.524 e. The van der Waals surface area contributed by atoms with Crippen LogP contribution >= 0.6 is 7.82 Å². The van der Waals surface area contributed by atoms with Crippen LogP contribution in [-0.2, 0) is 30.2 Å². The predicted molar refractivity (Wildman–Crippen MR) is 98.4 cm³/mol. The van der Waals surface area contributed by atoms with Gasteiger partial charge in [0, 0.05) is 19.8 Å². The minimum Gasteiger partial charge on any atom is -0.481 e. The van der Waals surface area contributed by atoms with E-state index in [1.54, 1.807) is 0 Å². The lowest BCUT2D eigenvalue weighted by Gasteiger charge is -2.21. The lowest BCUT2D eigenvalue weighted by Crippen LogP contribution is -2.53. The van der Waals surface area contributed by atoms with E-state index < -0.39 is 43.6 Å². The Labute approximate surface area is 165 Å². The predicted octanol–water partition coefficient (Wildman–Crippen LogP) is -0.960. The summed E-state index contributed by atoms with van der Waals surface area (Å²) in [7, 11) is -4.71. The molecule has 0 aliphatic heterocycles. The van der Waals surface area contributed by atoms with Gasteiger partial charge in [0.25, 0.3) is 0 Å². The van der Waals surface area contributed by atoms with Gasteiger partial charge in [-0.1, -0.05) is 12.1 Å². The van der Waals surface area contributed by atoms with Crippen molar-refractivity contribution in [2.75, 3.05) is 0 Å². The van der Waals surface area contributed by atoms with Gasteiger partial charge < -0.3 is 26.0 Å². The van der Waals surface area contributed by atoms with Crippen LogP contribution < -0.4 is 20.9 Å². The molecule has 3 amide bonds. The average Bonchev–Trinajstić information content (AvgIpc) is 2.57. The first-order valence-electron chi connectivity index (χ1n) is 8.30.